The van der Waals surface area contributed by atoms with Crippen LogP contribution in [0.4, 0.5) is 17.3 Å². The number of amides is 2. The normalized spacial score (nSPS) is 19.1. The first-order valence-corrected chi connectivity index (χ1v) is 10.9. The predicted molar refractivity (Wildman–Crippen MR) is 121 cm³/mol. The number of benzene rings is 1. The van der Waals surface area contributed by atoms with Crippen LogP contribution >= 0.6 is 0 Å². The Labute approximate surface area is 183 Å². The van der Waals surface area contributed by atoms with Gasteiger partial charge >= 0.3 is 0 Å². The van der Waals surface area contributed by atoms with Gasteiger partial charge in [0.15, 0.2) is 5.82 Å². The van der Waals surface area contributed by atoms with Gasteiger partial charge in [0.1, 0.15) is 5.82 Å². The molecule has 0 radical (unpaired) electrons. The number of carbonyl (C=O) groups excluding carboxylic acids is 2. The van der Waals surface area contributed by atoms with Gasteiger partial charge in [-0.2, -0.15) is 0 Å². The molecule has 0 aliphatic carbocycles. The second-order valence-corrected chi connectivity index (χ2v) is 8.29. The Morgan fingerprint density at radius 1 is 1.06 bits per heavy atom. The zero-order valence-corrected chi connectivity index (χ0v) is 18.5. The molecular weight excluding hydrogens is 392 g/mol. The van der Waals surface area contributed by atoms with Crippen LogP contribution in [0, 0.1) is 19.8 Å². The molecule has 2 amide bonds. The zero-order chi connectivity index (χ0) is 22.0. The van der Waals surface area contributed by atoms with E-state index in [1.165, 1.54) is 5.56 Å². The predicted octanol–water partition coefficient (Wildman–Crippen LogP) is 2.23. The van der Waals surface area contributed by atoms with Crippen molar-refractivity contribution in [2.75, 3.05) is 54.4 Å². The summed E-state index contributed by atoms with van der Waals surface area (Å²) in [5.41, 5.74) is 3.23. The van der Waals surface area contributed by atoms with E-state index in [4.69, 9.17) is 0 Å². The number of nitrogens with one attached hydrogen (secondary N) is 1. The third-order valence-corrected chi connectivity index (χ3v) is 6.20. The maximum Gasteiger partial charge on any atom is 0.228 e. The average molecular weight is 423 g/mol. The molecule has 1 aromatic heterocycles. The van der Waals surface area contributed by atoms with Crippen molar-refractivity contribution in [1.82, 2.24) is 15.1 Å². The third-order valence-electron chi connectivity index (χ3n) is 6.20. The Bertz CT molecular complexity index is 953. The van der Waals surface area contributed by atoms with E-state index >= 15 is 0 Å². The van der Waals surface area contributed by atoms with Crippen LogP contribution in [0.5, 0.6) is 0 Å². The molecule has 2 aromatic rings. The SMILES string of the molecule is CCNc1ccc(N2CCN(C(=O)C3CC(=O)N(c4ccc(C)c(C)c4)C3)CC2)nn1. The van der Waals surface area contributed by atoms with E-state index < -0.39 is 0 Å². The van der Waals surface area contributed by atoms with Crippen molar-refractivity contribution >= 4 is 29.1 Å². The number of anilines is 3. The highest BCUT2D eigenvalue weighted by Crippen LogP contribution is 2.28. The molecule has 0 bridgehead atoms. The number of aryl methyl sites for hydroxylation is 2. The van der Waals surface area contributed by atoms with Crippen molar-refractivity contribution in [2.24, 2.45) is 5.92 Å². The molecular formula is C23H30N6O2. The van der Waals surface area contributed by atoms with Gasteiger partial charge in [-0.15, -0.1) is 10.2 Å². The maximum absolute atomic E-state index is 13.1. The lowest BCUT2D eigenvalue weighted by atomic mass is 10.1. The quantitative estimate of drug-likeness (QED) is 0.796. The summed E-state index contributed by atoms with van der Waals surface area (Å²) in [7, 11) is 0. The van der Waals surface area contributed by atoms with Crippen molar-refractivity contribution in [3.8, 4) is 0 Å². The van der Waals surface area contributed by atoms with E-state index in [9.17, 15) is 9.59 Å². The molecule has 31 heavy (non-hydrogen) atoms. The van der Waals surface area contributed by atoms with Gasteiger partial charge in [0, 0.05) is 51.4 Å². The molecule has 2 aliphatic rings. The van der Waals surface area contributed by atoms with Crippen LogP contribution in [0.3, 0.4) is 0 Å². The Morgan fingerprint density at radius 3 is 2.48 bits per heavy atom. The van der Waals surface area contributed by atoms with Crippen molar-refractivity contribution in [2.45, 2.75) is 27.2 Å². The minimum atomic E-state index is -0.278. The smallest absolute Gasteiger partial charge is 0.228 e. The van der Waals surface area contributed by atoms with Crippen LogP contribution in [0.15, 0.2) is 30.3 Å². The van der Waals surface area contributed by atoms with Crippen molar-refractivity contribution in [3.05, 3.63) is 41.5 Å². The summed E-state index contributed by atoms with van der Waals surface area (Å²) in [5, 5.41) is 11.6. The van der Waals surface area contributed by atoms with Gasteiger partial charge in [-0.05, 0) is 56.2 Å². The molecule has 1 N–H and O–H groups in total. The highest BCUT2D eigenvalue weighted by atomic mass is 16.2. The van der Waals surface area contributed by atoms with E-state index in [0.717, 1.165) is 29.4 Å². The number of nitrogens with zero attached hydrogens (tertiary/aromatic N) is 5. The fourth-order valence-electron chi connectivity index (χ4n) is 4.20. The van der Waals surface area contributed by atoms with E-state index in [-0.39, 0.29) is 24.2 Å². The van der Waals surface area contributed by atoms with E-state index in [1.807, 2.05) is 49.1 Å². The first kappa shape index (κ1) is 21.1. The number of rotatable bonds is 5. The Kier molecular flexibility index (Phi) is 6.06. The molecule has 2 fully saturated rings. The number of hydrogen-bond acceptors (Lipinski definition) is 6. The van der Waals surface area contributed by atoms with E-state index in [0.29, 0.717) is 32.7 Å². The highest BCUT2D eigenvalue weighted by Gasteiger charge is 2.38. The summed E-state index contributed by atoms with van der Waals surface area (Å²) in [6.07, 6.45) is 0.281. The van der Waals surface area contributed by atoms with Gasteiger partial charge in [-0.3, -0.25) is 9.59 Å². The first-order chi connectivity index (χ1) is 15.0. The highest BCUT2D eigenvalue weighted by molar-refractivity contribution is 6.00. The largest absolute Gasteiger partial charge is 0.369 e. The van der Waals surface area contributed by atoms with Gasteiger partial charge in [0.25, 0.3) is 0 Å². The van der Waals surface area contributed by atoms with E-state index in [1.54, 1.807) is 4.90 Å². The summed E-state index contributed by atoms with van der Waals surface area (Å²) in [4.78, 5) is 31.5. The number of hydrogen-bond donors (Lipinski definition) is 1. The minimum absolute atomic E-state index is 0.0243. The van der Waals surface area contributed by atoms with Crippen LogP contribution < -0.4 is 15.1 Å². The maximum atomic E-state index is 13.1. The summed E-state index contributed by atoms with van der Waals surface area (Å²) in [6.45, 7) is 10.1. The lowest BCUT2D eigenvalue weighted by Crippen LogP contribution is -2.51. The lowest BCUT2D eigenvalue weighted by molar-refractivity contribution is -0.136. The number of aromatic nitrogens is 2. The van der Waals surface area contributed by atoms with Crippen molar-refractivity contribution < 1.29 is 9.59 Å². The second-order valence-electron chi connectivity index (χ2n) is 8.29. The summed E-state index contributed by atoms with van der Waals surface area (Å²) in [5.74, 6) is 1.41. The molecule has 2 saturated heterocycles. The zero-order valence-electron chi connectivity index (χ0n) is 18.5. The Balaban J connectivity index is 1.34. The van der Waals surface area contributed by atoms with Crippen LogP contribution in [0.2, 0.25) is 0 Å². The third kappa shape index (κ3) is 4.47. The van der Waals surface area contributed by atoms with E-state index in [2.05, 4.69) is 27.3 Å². The van der Waals surface area contributed by atoms with Gasteiger partial charge in [-0.1, -0.05) is 6.07 Å². The number of piperazine rings is 1. The summed E-state index contributed by atoms with van der Waals surface area (Å²) < 4.78 is 0. The van der Waals surface area contributed by atoms with Gasteiger partial charge < -0.3 is 20.0 Å². The first-order valence-electron chi connectivity index (χ1n) is 10.9. The molecule has 164 valence electrons. The molecule has 8 heteroatoms. The molecule has 0 spiro atoms. The second kappa shape index (κ2) is 8.91. The fraction of sp³-hybridized carbons (Fsp3) is 0.478. The Morgan fingerprint density at radius 2 is 1.84 bits per heavy atom. The van der Waals surface area contributed by atoms with Crippen LogP contribution in [-0.4, -0.2) is 66.2 Å². The Hall–Kier alpha value is -3.16. The monoisotopic (exact) mass is 422 g/mol. The lowest BCUT2D eigenvalue weighted by Gasteiger charge is -2.36. The molecule has 0 saturated carbocycles. The molecule has 8 nitrogen and oxygen atoms in total. The average Bonchev–Trinajstić information content (AvgIpc) is 3.18. The summed E-state index contributed by atoms with van der Waals surface area (Å²) >= 11 is 0. The summed E-state index contributed by atoms with van der Waals surface area (Å²) in [6, 6.07) is 9.91. The van der Waals surface area contributed by atoms with Gasteiger partial charge in [0.2, 0.25) is 11.8 Å². The topological polar surface area (TPSA) is 81.7 Å². The molecule has 1 atom stereocenters. The fourth-order valence-corrected chi connectivity index (χ4v) is 4.20. The standard InChI is InChI=1S/C23H30N6O2/c1-4-24-20-7-8-21(26-25-20)27-9-11-28(12-10-27)23(31)18-14-22(30)29(15-18)19-6-5-16(2)17(3)13-19/h5-8,13,18H,4,9-12,14-15H2,1-3H3,(H,24,25). The van der Waals surface area contributed by atoms with Crippen LogP contribution in [0.1, 0.15) is 24.5 Å². The minimum Gasteiger partial charge on any atom is -0.369 e. The molecule has 2 aliphatic heterocycles. The van der Waals surface area contributed by atoms with Crippen molar-refractivity contribution in [1.29, 1.82) is 0 Å². The number of carbonyl (C=O) groups is 2. The van der Waals surface area contributed by atoms with Crippen LogP contribution in [-0.2, 0) is 9.59 Å². The molecule has 1 unspecified atom stereocenters. The van der Waals surface area contributed by atoms with Gasteiger partial charge in [0.05, 0.1) is 5.92 Å². The van der Waals surface area contributed by atoms with Crippen molar-refractivity contribution in [3.63, 3.8) is 0 Å². The van der Waals surface area contributed by atoms with Crippen LogP contribution in [0.25, 0.3) is 0 Å². The van der Waals surface area contributed by atoms with Gasteiger partial charge in [-0.25, -0.2) is 0 Å². The molecule has 4 rings (SSSR count). The molecule has 3 heterocycles. The molecule has 1 aromatic carbocycles.